The molecule has 6 heteroatoms. The summed E-state index contributed by atoms with van der Waals surface area (Å²) in [5.74, 6) is 0.744. The van der Waals surface area contributed by atoms with Crippen LogP contribution in [-0.4, -0.2) is 20.2 Å². The van der Waals surface area contributed by atoms with Crippen molar-refractivity contribution < 1.29 is 0 Å². The van der Waals surface area contributed by atoms with Gasteiger partial charge in [-0.05, 0) is 37.2 Å². The lowest BCUT2D eigenvalue weighted by Crippen LogP contribution is -1.90. The van der Waals surface area contributed by atoms with Gasteiger partial charge in [0.1, 0.15) is 16.9 Å². The Morgan fingerprint density at radius 2 is 2.25 bits per heavy atom. The van der Waals surface area contributed by atoms with Crippen molar-refractivity contribution in [3.63, 3.8) is 0 Å². The monoisotopic (exact) mass is 231 g/mol. The zero-order chi connectivity index (χ0) is 11.5. The summed E-state index contributed by atoms with van der Waals surface area (Å²) < 4.78 is 0. The molecule has 2 aromatic heterocycles. The third-order valence-corrected chi connectivity index (χ3v) is 2.87. The van der Waals surface area contributed by atoms with Crippen LogP contribution in [0.25, 0.3) is 0 Å². The van der Waals surface area contributed by atoms with Crippen molar-refractivity contribution in [2.24, 2.45) is 0 Å². The minimum Gasteiger partial charge on any atom is -0.262 e. The third-order valence-electron chi connectivity index (χ3n) is 2.00. The lowest BCUT2D eigenvalue weighted by Gasteiger charge is -2.01. The number of H-pyrrole nitrogens is 1. The predicted molar refractivity (Wildman–Crippen MR) is 58.9 cm³/mol. The van der Waals surface area contributed by atoms with E-state index < -0.39 is 0 Å². The van der Waals surface area contributed by atoms with Crippen molar-refractivity contribution in [1.82, 2.24) is 20.2 Å². The Bertz CT molecular complexity index is 555. The van der Waals surface area contributed by atoms with Gasteiger partial charge < -0.3 is 0 Å². The fraction of sp³-hybridized carbons (Fsp3) is 0.200. The van der Waals surface area contributed by atoms with E-state index in [1.54, 1.807) is 6.20 Å². The van der Waals surface area contributed by atoms with Crippen LogP contribution in [0.15, 0.2) is 22.4 Å². The largest absolute Gasteiger partial charge is 0.262 e. The SMILES string of the molecule is Cc1nc(Sc2nccc(C)c2C#N)n[nH]1. The molecule has 0 saturated heterocycles. The lowest BCUT2D eigenvalue weighted by atomic mass is 10.2. The molecule has 0 aliphatic carbocycles. The van der Waals surface area contributed by atoms with Crippen LogP contribution in [0.3, 0.4) is 0 Å². The Morgan fingerprint density at radius 1 is 1.44 bits per heavy atom. The number of nitrogens with one attached hydrogen (secondary N) is 1. The molecule has 0 saturated carbocycles. The summed E-state index contributed by atoms with van der Waals surface area (Å²) in [4.78, 5) is 8.32. The topological polar surface area (TPSA) is 78.2 Å². The van der Waals surface area contributed by atoms with Crippen LogP contribution in [0.5, 0.6) is 0 Å². The van der Waals surface area contributed by atoms with Gasteiger partial charge in [-0.15, -0.1) is 5.10 Å². The van der Waals surface area contributed by atoms with E-state index >= 15 is 0 Å². The van der Waals surface area contributed by atoms with Crippen molar-refractivity contribution in [2.45, 2.75) is 24.0 Å². The van der Waals surface area contributed by atoms with Gasteiger partial charge in [0.15, 0.2) is 0 Å². The molecular formula is C10H9N5S. The molecule has 0 amide bonds. The van der Waals surface area contributed by atoms with Crippen LogP contribution in [0, 0.1) is 25.2 Å². The number of hydrogen-bond acceptors (Lipinski definition) is 5. The van der Waals surface area contributed by atoms with Gasteiger partial charge in [0.05, 0.1) is 5.56 Å². The number of rotatable bonds is 2. The molecule has 0 unspecified atom stereocenters. The molecule has 2 aromatic rings. The molecule has 0 fully saturated rings. The number of aromatic nitrogens is 4. The molecular weight excluding hydrogens is 222 g/mol. The van der Waals surface area contributed by atoms with Crippen LogP contribution in [0.2, 0.25) is 0 Å². The second kappa shape index (κ2) is 4.33. The summed E-state index contributed by atoms with van der Waals surface area (Å²) >= 11 is 1.29. The van der Waals surface area contributed by atoms with Gasteiger partial charge in [-0.1, -0.05) is 0 Å². The molecule has 0 radical (unpaired) electrons. The maximum atomic E-state index is 9.03. The third kappa shape index (κ3) is 2.04. The average Bonchev–Trinajstić information content (AvgIpc) is 2.64. The summed E-state index contributed by atoms with van der Waals surface area (Å²) in [7, 11) is 0. The molecule has 16 heavy (non-hydrogen) atoms. The molecule has 1 N–H and O–H groups in total. The van der Waals surface area contributed by atoms with E-state index in [0.717, 1.165) is 11.4 Å². The Labute approximate surface area is 96.9 Å². The highest BCUT2D eigenvalue weighted by Gasteiger charge is 2.10. The van der Waals surface area contributed by atoms with Crippen molar-refractivity contribution >= 4 is 11.8 Å². The summed E-state index contributed by atoms with van der Waals surface area (Å²) in [5.41, 5.74) is 1.49. The molecule has 2 rings (SSSR count). The van der Waals surface area contributed by atoms with E-state index in [1.807, 2.05) is 19.9 Å². The van der Waals surface area contributed by atoms with Crippen LogP contribution in [-0.2, 0) is 0 Å². The quantitative estimate of drug-likeness (QED) is 0.853. The maximum Gasteiger partial charge on any atom is 0.214 e. The standard InChI is InChI=1S/C10H9N5S/c1-6-3-4-12-9(8(6)5-11)16-10-13-7(2)14-15-10/h3-4H,1-2H3,(H,13,14,15). The number of pyridine rings is 1. The van der Waals surface area contributed by atoms with Gasteiger partial charge in [-0.2, -0.15) is 5.26 Å². The van der Waals surface area contributed by atoms with Gasteiger partial charge in [0.2, 0.25) is 5.16 Å². The highest BCUT2D eigenvalue weighted by molar-refractivity contribution is 7.99. The fourth-order valence-corrected chi connectivity index (χ4v) is 2.07. The molecule has 80 valence electrons. The van der Waals surface area contributed by atoms with E-state index in [-0.39, 0.29) is 0 Å². The van der Waals surface area contributed by atoms with Crippen molar-refractivity contribution in [2.75, 3.05) is 0 Å². The Morgan fingerprint density at radius 3 is 2.88 bits per heavy atom. The number of aromatic amines is 1. The molecule has 5 nitrogen and oxygen atoms in total. The van der Waals surface area contributed by atoms with E-state index in [2.05, 4.69) is 26.2 Å². The Kier molecular flexibility index (Phi) is 2.88. The van der Waals surface area contributed by atoms with Gasteiger partial charge in [0.25, 0.3) is 0 Å². The Hall–Kier alpha value is -1.87. The van der Waals surface area contributed by atoms with E-state index in [1.165, 1.54) is 11.8 Å². The summed E-state index contributed by atoms with van der Waals surface area (Å²) in [6.45, 7) is 3.71. The molecule has 0 atom stereocenters. The first-order valence-corrected chi connectivity index (χ1v) is 5.45. The molecule has 0 aliphatic rings. The number of hydrogen-bond donors (Lipinski definition) is 1. The van der Waals surface area contributed by atoms with Crippen LogP contribution >= 0.6 is 11.8 Å². The maximum absolute atomic E-state index is 9.03. The summed E-state index contributed by atoms with van der Waals surface area (Å²) in [6, 6.07) is 3.95. The number of nitriles is 1. The number of aryl methyl sites for hydroxylation is 2. The highest BCUT2D eigenvalue weighted by Crippen LogP contribution is 2.26. The van der Waals surface area contributed by atoms with E-state index in [4.69, 9.17) is 5.26 Å². The van der Waals surface area contributed by atoms with Gasteiger partial charge in [0, 0.05) is 6.20 Å². The molecule has 0 aliphatic heterocycles. The van der Waals surface area contributed by atoms with Crippen LogP contribution in [0.1, 0.15) is 17.0 Å². The zero-order valence-electron chi connectivity index (χ0n) is 8.85. The van der Waals surface area contributed by atoms with Crippen LogP contribution in [0.4, 0.5) is 0 Å². The van der Waals surface area contributed by atoms with Gasteiger partial charge in [-0.25, -0.2) is 9.97 Å². The molecule has 2 heterocycles. The minimum absolute atomic E-state index is 0.576. The average molecular weight is 231 g/mol. The summed E-state index contributed by atoms with van der Waals surface area (Å²) in [5, 5.41) is 17.0. The molecule has 0 spiro atoms. The minimum atomic E-state index is 0.576. The fourth-order valence-electron chi connectivity index (χ4n) is 1.20. The van der Waals surface area contributed by atoms with Crippen LogP contribution < -0.4 is 0 Å². The zero-order valence-corrected chi connectivity index (χ0v) is 9.67. The number of nitrogens with zero attached hydrogens (tertiary/aromatic N) is 4. The summed E-state index contributed by atoms with van der Waals surface area (Å²) in [6.07, 6.45) is 1.68. The second-order valence-corrected chi connectivity index (χ2v) is 4.18. The van der Waals surface area contributed by atoms with Crippen molar-refractivity contribution in [3.05, 3.63) is 29.2 Å². The van der Waals surface area contributed by atoms with Gasteiger partial charge >= 0.3 is 0 Å². The Balaban J connectivity index is 2.35. The molecule has 0 aromatic carbocycles. The lowest BCUT2D eigenvalue weighted by molar-refractivity contribution is 0.962. The van der Waals surface area contributed by atoms with Crippen molar-refractivity contribution in [1.29, 1.82) is 5.26 Å². The first kappa shape index (κ1) is 10.6. The van der Waals surface area contributed by atoms with Crippen molar-refractivity contribution in [3.8, 4) is 6.07 Å². The van der Waals surface area contributed by atoms with E-state index in [9.17, 15) is 0 Å². The smallest absolute Gasteiger partial charge is 0.214 e. The first-order valence-electron chi connectivity index (χ1n) is 4.63. The molecule has 0 bridgehead atoms. The van der Waals surface area contributed by atoms with Gasteiger partial charge in [-0.3, -0.25) is 5.10 Å². The first-order chi connectivity index (χ1) is 7.70. The van der Waals surface area contributed by atoms with E-state index in [0.29, 0.717) is 15.7 Å². The normalized spacial score (nSPS) is 10.1. The second-order valence-electron chi connectivity index (χ2n) is 3.23. The predicted octanol–water partition coefficient (Wildman–Crippen LogP) is 1.84. The highest BCUT2D eigenvalue weighted by atomic mass is 32.2.